The summed E-state index contributed by atoms with van der Waals surface area (Å²) in [7, 11) is 0. The molecular weight excluding hydrogens is 318 g/mol. The third-order valence-electron chi connectivity index (χ3n) is 4.52. The van der Waals surface area contributed by atoms with Crippen molar-refractivity contribution in [2.45, 2.75) is 64.8 Å². The van der Waals surface area contributed by atoms with Gasteiger partial charge in [0.15, 0.2) is 0 Å². The predicted molar refractivity (Wildman–Crippen MR) is 96.2 cm³/mol. The second kappa shape index (κ2) is 7.04. The molecule has 1 unspecified atom stereocenters. The summed E-state index contributed by atoms with van der Waals surface area (Å²) in [6, 6.07) is 7.90. The molecular formula is C19H27N3O3. The Labute approximate surface area is 148 Å². The highest BCUT2D eigenvalue weighted by Crippen LogP contribution is 2.24. The van der Waals surface area contributed by atoms with Gasteiger partial charge in [0.2, 0.25) is 0 Å². The third-order valence-corrected chi connectivity index (χ3v) is 4.52. The van der Waals surface area contributed by atoms with Gasteiger partial charge < -0.3 is 19.3 Å². The van der Waals surface area contributed by atoms with E-state index in [0.717, 1.165) is 30.3 Å². The van der Waals surface area contributed by atoms with Crippen molar-refractivity contribution in [1.82, 2.24) is 14.5 Å². The standard InChI is InChI=1S/C19H27N3O3/c1-19(2,3)25-18(24)21-11-7-6-8-14(21)12-22-16-10-5-4-9-15(16)20-17(22)13-23/h4-5,9-10,14,23H,6-8,11-13H2,1-3H3. The van der Waals surface area contributed by atoms with E-state index < -0.39 is 5.60 Å². The second-order valence-corrected chi connectivity index (χ2v) is 7.61. The van der Waals surface area contributed by atoms with E-state index in [1.165, 1.54) is 0 Å². The fourth-order valence-corrected chi connectivity index (χ4v) is 3.41. The Kier molecular flexibility index (Phi) is 4.99. The monoisotopic (exact) mass is 345 g/mol. The third kappa shape index (κ3) is 3.95. The summed E-state index contributed by atoms with van der Waals surface area (Å²) in [5, 5.41) is 9.69. The number of aliphatic hydroxyl groups is 1. The Morgan fingerprint density at radius 1 is 1.32 bits per heavy atom. The number of ether oxygens (including phenoxy) is 1. The van der Waals surface area contributed by atoms with E-state index >= 15 is 0 Å². The average Bonchev–Trinajstić information content (AvgIpc) is 2.92. The molecule has 25 heavy (non-hydrogen) atoms. The van der Waals surface area contributed by atoms with Crippen molar-refractivity contribution >= 4 is 17.1 Å². The molecule has 1 aliphatic rings. The van der Waals surface area contributed by atoms with Crippen molar-refractivity contribution in [1.29, 1.82) is 0 Å². The molecule has 3 rings (SSSR count). The Morgan fingerprint density at radius 3 is 2.80 bits per heavy atom. The molecule has 6 nitrogen and oxygen atoms in total. The molecule has 0 spiro atoms. The Balaban J connectivity index is 1.86. The smallest absolute Gasteiger partial charge is 0.410 e. The van der Waals surface area contributed by atoms with Gasteiger partial charge in [0.25, 0.3) is 0 Å². The normalized spacial score (nSPS) is 18.6. The molecule has 1 N–H and O–H groups in total. The minimum Gasteiger partial charge on any atom is -0.444 e. The molecule has 1 saturated heterocycles. The lowest BCUT2D eigenvalue weighted by atomic mass is 10.0. The van der Waals surface area contributed by atoms with Crippen LogP contribution in [0.3, 0.4) is 0 Å². The van der Waals surface area contributed by atoms with Crippen molar-refractivity contribution in [2.24, 2.45) is 0 Å². The van der Waals surface area contributed by atoms with Crippen LogP contribution in [0, 0.1) is 0 Å². The second-order valence-electron chi connectivity index (χ2n) is 7.61. The number of fused-ring (bicyclic) bond motifs is 1. The van der Waals surface area contributed by atoms with E-state index in [9.17, 15) is 9.90 Å². The van der Waals surface area contributed by atoms with Gasteiger partial charge in [0.1, 0.15) is 18.0 Å². The van der Waals surface area contributed by atoms with E-state index in [2.05, 4.69) is 4.98 Å². The van der Waals surface area contributed by atoms with Crippen LogP contribution in [0.15, 0.2) is 24.3 Å². The summed E-state index contributed by atoms with van der Waals surface area (Å²) >= 11 is 0. The van der Waals surface area contributed by atoms with Crippen molar-refractivity contribution in [2.75, 3.05) is 6.54 Å². The number of hydrogen-bond acceptors (Lipinski definition) is 4. The van der Waals surface area contributed by atoms with Crippen molar-refractivity contribution in [3.8, 4) is 0 Å². The van der Waals surface area contributed by atoms with Gasteiger partial charge >= 0.3 is 6.09 Å². The quantitative estimate of drug-likeness (QED) is 0.927. The number of para-hydroxylation sites is 2. The number of amides is 1. The van der Waals surface area contributed by atoms with Crippen LogP contribution in [-0.4, -0.2) is 43.8 Å². The fourth-order valence-electron chi connectivity index (χ4n) is 3.41. The van der Waals surface area contributed by atoms with Gasteiger partial charge in [-0.1, -0.05) is 12.1 Å². The number of rotatable bonds is 3. The molecule has 1 fully saturated rings. The van der Waals surface area contributed by atoms with Gasteiger partial charge in [0.05, 0.1) is 17.1 Å². The van der Waals surface area contributed by atoms with E-state index in [1.807, 2.05) is 54.5 Å². The molecule has 2 aromatic rings. The maximum Gasteiger partial charge on any atom is 0.410 e. The molecule has 2 heterocycles. The molecule has 1 aromatic carbocycles. The summed E-state index contributed by atoms with van der Waals surface area (Å²) in [6.45, 7) is 6.87. The number of aliphatic hydroxyl groups excluding tert-OH is 1. The molecule has 0 bridgehead atoms. The van der Waals surface area contributed by atoms with Crippen LogP contribution in [0.5, 0.6) is 0 Å². The first-order valence-corrected chi connectivity index (χ1v) is 8.93. The van der Waals surface area contributed by atoms with Gasteiger partial charge in [-0.3, -0.25) is 0 Å². The van der Waals surface area contributed by atoms with Crippen LogP contribution in [0.25, 0.3) is 11.0 Å². The van der Waals surface area contributed by atoms with Crippen LogP contribution in [0.1, 0.15) is 45.9 Å². The van der Waals surface area contributed by atoms with Crippen molar-refractivity contribution in [3.63, 3.8) is 0 Å². The van der Waals surface area contributed by atoms with E-state index in [-0.39, 0.29) is 18.7 Å². The number of aromatic nitrogens is 2. The number of imidazole rings is 1. The molecule has 1 aliphatic heterocycles. The van der Waals surface area contributed by atoms with Gasteiger partial charge in [-0.25, -0.2) is 9.78 Å². The number of nitrogens with zero attached hydrogens (tertiary/aromatic N) is 3. The number of carbonyl (C=O) groups is 1. The molecule has 1 aromatic heterocycles. The molecule has 136 valence electrons. The molecule has 1 atom stereocenters. The molecule has 1 amide bonds. The Bertz CT molecular complexity index is 748. The fraction of sp³-hybridized carbons (Fsp3) is 0.579. The number of hydrogen-bond donors (Lipinski definition) is 1. The number of piperidine rings is 1. The molecule has 0 radical (unpaired) electrons. The van der Waals surface area contributed by atoms with Crippen molar-refractivity contribution < 1.29 is 14.6 Å². The van der Waals surface area contributed by atoms with Gasteiger partial charge in [-0.15, -0.1) is 0 Å². The number of carbonyl (C=O) groups excluding carboxylic acids is 1. The first-order valence-electron chi connectivity index (χ1n) is 8.93. The highest BCUT2D eigenvalue weighted by atomic mass is 16.6. The van der Waals surface area contributed by atoms with Gasteiger partial charge in [-0.2, -0.15) is 0 Å². The number of likely N-dealkylation sites (tertiary alicyclic amines) is 1. The molecule has 0 aliphatic carbocycles. The largest absolute Gasteiger partial charge is 0.444 e. The Hall–Kier alpha value is -2.08. The van der Waals surface area contributed by atoms with Crippen LogP contribution in [-0.2, 0) is 17.9 Å². The van der Waals surface area contributed by atoms with Crippen LogP contribution in [0.2, 0.25) is 0 Å². The molecule has 6 heteroatoms. The predicted octanol–water partition coefficient (Wildman–Crippen LogP) is 3.32. The van der Waals surface area contributed by atoms with E-state index in [0.29, 0.717) is 18.9 Å². The first-order chi connectivity index (χ1) is 11.9. The molecule has 0 saturated carbocycles. The summed E-state index contributed by atoms with van der Waals surface area (Å²) in [5.74, 6) is 0.635. The summed E-state index contributed by atoms with van der Waals surface area (Å²) in [5.41, 5.74) is 1.35. The van der Waals surface area contributed by atoms with Crippen molar-refractivity contribution in [3.05, 3.63) is 30.1 Å². The van der Waals surface area contributed by atoms with Gasteiger partial charge in [0, 0.05) is 13.1 Å². The summed E-state index contributed by atoms with van der Waals surface area (Å²) in [4.78, 5) is 18.9. The lowest BCUT2D eigenvalue weighted by Gasteiger charge is -2.37. The van der Waals surface area contributed by atoms with Crippen LogP contribution in [0.4, 0.5) is 4.79 Å². The Morgan fingerprint density at radius 2 is 2.08 bits per heavy atom. The minimum atomic E-state index is -0.503. The SMILES string of the molecule is CC(C)(C)OC(=O)N1CCCCC1Cn1c(CO)nc2ccccc21. The summed E-state index contributed by atoms with van der Waals surface area (Å²) < 4.78 is 7.61. The lowest BCUT2D eigenvalue weighted by molar-refractivity contribution is 0.00775. The first kappa shape index (κ1) is 17.7. The van der Waals surface area contributed by atoms with Crippen LogP contribution < -0.4 is 0 Å². The average molecular weight is 345 g/mol. The van der Waals surface area contributed by atoms with E-state index in [4.69, 9.17) is 4.74 Å². The zero-order valence-corrected chi connectivity index (χ0v) is 15.2. The van der Waals surface area contributed by atoms with E-state index in [1.54, 1.807) is 0 Å². The lowest BCUT2D eigenvalue weighted by Crippen LogP contribution is -2.48. The zero-order chi connectivity index (χ0) is 18.0. The maximum absolute atomic E-state index is 12.6. The zero-order valence-electron chi connectivity index (χ0n) is 15.2. The number of benzene rings is 1. The minimum absolute atomic E-state index is 0.0477. The topological polar surface area (TPSA) is 67.6 Å². The van der Waals surface area contributed by atoms with Crippen LogP contribution >= 0.6 is 0 Å². The maximum atomic E-state index is 12.6. The summed E-state index contributed by atoms with van der Waals surface area (Å²) in [6.07, 6.45) is 2.75. The highest BCUT2D eigenvalue weighted by molar-refractivity contribution is 5.76. The highest BCUT2D eigenvalue weighted by Gasteiger charge is 2.31. The van der Waals surface area contributed by atoms with Gasteiger partial charge in [-0.05, 0) is 52.2 Å².